The first-order valence-corrected chi connectivity index (χ1v) is 4.95. The molecule has 0 aromatic carbocycles. The van der Waals surface area contributed by atoms with Crippen LogP contribution in [0.4, 0.5) is 0 Å². The maximum atomic E-state index is 8.84. The van der Waals surface area contributed by atoms with E-state index in [-0.39, 0.29) is 6.61 Å². The van der Waals surface area contributed by atoms with E-state index in [1.807, 2.05) is 6.20 Å². The Hall–Kier alpha value is -0.830. The summed E-state index contributed by atoms with van der Waals surface area (Å²) in [5.74, 6) is 1.83. The van der Waals surface area contributed by atoms with Gasteiger partial charge in [-0.2, -0.15) is 0 Å². The molecule has 1 aromatic rings. The molecule has 1 aliphatic heterocycles. The van der Waals surface area contributed by atoms with Crippen molar-refractivity contribution in [3.8, 4) is 0 Å². The van der Waals surface area contributed by atoms with Gasteiger partial charge in [0, 0.05) is 24.9 Å². The van der Waals surface area contributed by atoms with Gasteiger partial charge in [0.15, 0.2) is 0 Å². The molecule has 1 aliphatic rings. The Kier molecular flexibility index (Phi) is 2.36. The number of aliphatic hydroxyl groups excluding tert-OH is 1. The molecule has 0 amide bonds. The van der Waals surface area contributed by atoms with Crippen LogP contribution >= 0.6 is 0 Å². The van der Waals surface area contributed by atoms with Crippen molar-refractivity contribution in [1.29, 1.82) is 0 Å². The summed E-state index contributed by atoms with van der Waals surface area (Å²) in [4.78, 5) is 4.32. The standard InChI is InChI=1S/C10H16N2O/c1-8-2-4-12-9(6-8)7-11-10(12)3-5-13/h7-8,13H,2-6H2,1H3. The predicted octanol–water partition coefficient (Wildman–Crippen LogP) is 1.00. The van der Waals surface area contributed by atoms with Gasteiger partial charge in [0.05, 0.1) is 6.61 Å². The molecule has 2 rings (SSSR count). The van der Waals surface area contributed by atoms with Gasteiger partial charge in [0.1, 0.15) is 5.82 Å². The molecule has 3 nitrogen and oxygen atoms in total. The summed E-state index contributed by atoms with van der Waals surface area (Å²) in [7, 11) is 0. The second kappa shape index (κ2) is 3.50. The molecule has 3 heteroatoms. The smallest absolute Gasteiger partial charge is 0.111 e. The lowest BCUT2D eigenvalue weighted by Crippen LogP contribution is -2.18. The lowest BCUT2D eigenvalue weighted by atomic mass is 9.99. The molecule has 0 saturated carbocycles. The van der Waals surface area contributed by atoms with E-state index in [0.717, 1.165) is 24.7 Å². The Morgan fingerprint density at radius 3 is 3.31 bits per heavy atom. The van der Waals surface area contributed by atoms with E-state index < -0.39 is 0 Å². The molecule has 1 aromatic heterocycles. The minimum Gasteiger partial charge on any atom is -0.396 e. The highest BCUT2D eigenvalue weighted by molar-refractivity contribution is 5.08. The van der Waals surface area contributed by atoms with Crippen molar-refractivity contribution in [2.24, 2.45) is 5.92 Å². The molecular formula is C10H16N2O. The SMILES string of the molecule is CC1CCn2c(cnc2CCO)C1. The highest BCUT2D eigenvalue weighted by Crippen LogP contribution is 2.21. The lowest BCUT2D eigenvalue weighted by molar-refractivity contribution is 0.292. The van der Waals surface area contributed by atoms with Crippen LogP contribution in [0.2, 0.25) is 0 Å². The van der Waals surface area contributed by atoms with Gasteiger partial charge in [-0.3, -0.25) is 0 Å². The molecule has 0 saturated heterocycles. The zero-order valence-electron chi connectivity index (χ0n) is 8.03. The molecule has 1 atom stereocenters. The number of hydrogen-bond donors (Lipinski definition) is 1. The number of imidazole rings is 1. The first kappa shape index (κ1) is 8.75. The minimum absolute atomic E-state index is 0.200. The van der Waals surface area contributed by atoms with Crippen molar-refractivity contribution in [2.75, 3.05) is 6.61 Å². The van der Waals surface area contributed by atoms with E-state index in [1.165, 1.54) is 12.1 Å². The van der Waals surface area contributed by atoms with Gasteiger partial charge in [0.2, 0.25) is 0 Å². The fourth-order valence-corrected chi connectivity index (χ4v) is 2.00. The molecule has 0 radical (unpaired) electrons. The normalized spacial score (nSPS) is 21.5. The van der Waals surface area contributed by atoms with Crippen molar-refractivity contribution < 1.29 is 5.11 Å². The van der Waals surface area contributed by atoms with Gasteiger partial charge in [-0.25, -0.2) is 4.98 Å². The van der Waals surface area contributed by atoms with Crippen LogP contribution in [-0.2, 0) is 19.4 Å². The van der Waals surface area contributed by atoms with Gasteiger partial charge < -0.3 is 9.67 Å². The summed E-state index contributed by atoms with van der Waals surface area (Å²) in [6.07, 6.45) is 5.02. The zero-order chi connectivity index (χ0) is 9.26. The van der Waals surface area contributed by atoms with Gasteiger partial charge in [-0.05, 0) is 18.8 Å². The molecule has 0 fully saturated rings. The molecule has 0 spiro atoms. The Morgan fingerprint density at radius 1 is 1.69 bits per heavy atom. The van der Waals surface area contributed by atoms with Gasteiger partial charge in [0.25, 0.3) is 0 Å². The van der Waals surface area contributed by atoms with Crippen molar-refractivity contribution in [3.63, 3.8) is 0 Å². The summed E-state index contributed by atoms with van der Waals surface area (Å²) in [5.41, 5.74) is 1.34. The largest absolute Gasteiger partial charge is 0.396 e. The fourth-order valence-electron chi connectivity index (χ4n) is 2.00. The Balaban J connectivity index is 2.23. The first-order valence-electron chi connectivity index (χ1n) is 4.95. The van der Waals surface area contributed by atoms with E-state index in [0.29, 0.717) is 6.42 Å². The summed E-state index contributed by atoms with van der Waals surface area (Å²) >= 11 is 0. The number of fused-ring (bicyclic) bond motifs is 1. The molecule has 13 heavy (non-hydrogen) atoms. The molecule has 0 bridgehead atoms. The number of nitrogens with zero attached hydrogens (tertiary/aromatic N) is 2. The first-order chi connectivity index (χ1) is 6.31. The van der Waals surface area contributed by atoms with Crippen LogP contribution in [0.3, 0.4) is 0 Å². The highest BCUT2D eigenvalue weighted by Gasteiger charge is 2.17. The van der Waals surface area contributed by atoms with Crippen LogP contribution in [0, 0.1) is 5.92 Å². The van der Waals surface area contributed by atoms with Crippen LogP contribution in [0.15, 0.2) is 6.20 Å². The highest BCUT2D eigenvalue weighted by atomic mass is 16.3. The molecule has 0 aliphatic carbocycles. The summed E-state index contributed by atoms with van der Waals surface area (Å²) in [5, 5.41) is 8.84. The van der Waals surface area contributed by atoms with Gasteiger partial charge in [-0.15, -0.1) is 0 Å². The zero-order valence-corrected chi connectivity index (χ0v) is 8.03. The van der Waals surface area contributed by atoms with E-state index in [9.17, 15) is 0 Å². The summed E-state index contributed by atoms with van der Waals surface area (Å²) in [6.45, 7) is 3.56. The van der Waals surface area contributed by atoms with E-state index in [1.54, 1.807) is 0 Å². The van der Waals surface area contributed by atoms with Crippen LogP contribution in [0.5, 0.6) is 0 Å². The quantitative estimate of drug-likeness (QED) is 0.737. The van der Waals surface area contributed by atoms with Crippen molar-refractivity contribution in [2.45, 2.75) is 32.7 Å². The molecule has 1 unspecified atom stereocenters. The Bertz CT molecular complexity index is 280. The molecular weight excluding hydrogens is 164 g/mol. The second-order valence-corrected chi connectivity index (χ2v) is 3.89. The van der Waals surface area contributed by atoms with Crippen molar-refractivity contribution in [1.82, 2.24) is 9.55 Å². The third kappa shape index (κ3) is 1.61. The molecule has 1 N–H and O–H groups in total. The Morgan fingerprint density at radius 2 is 2.54 bits per heavy atom. The van der Waals surface area contributed by atoms with Crippen molar-refractivity contribution in [3.05, 3.63) is 17.7 Å². The van der Waals surface area contributed by atoms with Gasteiger partial charge in [-0.1, -0.05) is 6.92 Å². The maximum absolute atomic E-state index is 8.84. The number of aromatic nitrogens is 2. The molecule has 72 valence electrons. The number of hydrogen-bond acceptors (Lipinski definition) is 2. The Labute approximate surface area is 78.4 Å². The van der Waals surface area contributed by atoms with E-state index in [2.05, 4.69) is 16.5 Å². The minimum atomic E-state index is 0.200. The van der Waals surface area contributed by atoms with Crippen LogP contribution in [-0.4, -0.2) is 21.3 Å². The topological polar surface area (TPSA) is 38.0 Å². The van der Waals surface area contributed by atoms with Crippen LogP contribution < -0.4 is 0 Å². The fraction of sp³-hybridized carbons (Fsp3) is 0.700. The van der Waals surface area contributed by atoms with E-state index >= 15 is 0 Å². The lowest BCUT2D eigenvalue weighted by Gasteiger charge is -2.21. The average Bonchev–Trinajstić information content (AvgIpc) is 2.49. The summed E-state index contributed by atoms with van der Waals surface area (Å²) < 4.78 is 2.26. The van der Waals surface area contributed by atoms with Crippen LogP contribution in [0.1, 0.15) is 24.9 Å². The number of rotatable bonds is 2. The maximum Gasteiger partial charge on any atom is 0.111 e. The van der Waals surface area contributed by atoms with Crippen molar-refractivity contribution >= 4 is 0 Å². The molecule has 2 heterocycles. The number of aliphatic hydroxyl groups is 1. The third-order valence-corrected chi connectivity index (χ3v) is 2.76. The third-order valence-electron chi connectivity index (χ3n) is 2.76. The monoisotopic (exact) mass is 180 g/mol. The second-order valence-electron chi connectivity index (χ2n) is 3.89. The summed E-state index contributed by atoms with van der Waals surface area (Å²) in [6, 6.07) is 0. The average molecular weight is 180 g/mol. The van der Waals surface area contributed by atoms with Gasteiger partial charge >= 0.3 is 0 Å². The predicted molar refractivity (Wildman–Crippen MR) is 50.5 cm³/mol. The van der Waals surface area contributed by atoms with E-state index in [4.69, 9.17) is 5.11 Å². The van der Waals surface area contributed by atoms with Crippen LogP contribution in [0.25, 0.3) is 0 Å².